The van der Waals surface area contributed by atoms with Gasteiger partial charge in [-0.05, 0) is 31.0 Å². The molecule has 1 unspecified atom stereocenters. The SMILES string of the molecule is COCC(C)Nc1nccn1CCc1ccncc1. The van der Waals surface area contributed by atoms with Crippen molar-refractivity contribution in [3.8, 4) is 0 Å². The average molecular weight is 260 g/mol. The fourth-order valence-electron chi connectivity index (χ4n) is 1.94. The smallest absolute Gasteiger partial charge is 0.203 e. The minimum absolute atomic E-state index is 0.243. The zero-order chi connectivity index (χ0) is 13.5. The Labute approximate surface area is 113 Å². The molecule has 5 heteroatoms. The molecule has 1 atom stereocenters. The second-order valence-electron chi connectivity index (χ2n) is 4.55. The number of nitrogens with zero attached hydrogens (tertiary/aromatic N) is 3. The van der Waals surface area contributed by atoms with E-state index in [1.54, 1.807) is 7.11 Å². The van der Waals surface area contributed by atoms with Crippen LogP contribution in [0.15, 0.2) is 36.9 Å². The van der Waals surface area contributed by atoms with E-state index in [1.807, 2.05) is 36.9 Å². The maximum Gasteiger partial charge on any atom is 0.203 e. The van der Waals surface area contributed by atoms with E-state index in [4.69, 9.17) is 4.74 Å². The van der Waals surface area contributed by atoms with Crippen molar-refractivity contribution in [1.82, 2.24) is 14.5 Å². The highest BCUT2D eigenvalue weighted by Crippen LogP contribution is 2.08. The van der Waals surface area contributed by atoms with Crippen molar-refractivity contribution in [1.29, 1.82) is 0 Å². The Morgan fingerprint density at radius 1 is 1.32 bits per heavy atom. The van der Waals surface area contributed by atoms with Crippen LogP contribution in [0.5, 0.6) is 0 Å². The van der Waals surface area contributed by atoms with Crippen LogP contribution in [0, 0.1) is 0 Å². The van der Waals surface area contributed by atoms with Crippen molar-refractivity contribution < 1.29 is 4.74 Å². The molecule has 2 aromatic rings. The van der Waals surface area contributed by atoms with Gasteiger partial charge in [0.25, 0.3) is 0 Å². The molecular formula is C14H20N4O. The van der Waals surface area contributed by atoms with Crippen LogP contribution in [0.2, 0.25) is 0 Å². The second kappa shape index (κ2) is 6.89. The monoisotopic (exact) mass is 260 g/mol. The van der Waals surface area contributed by atoms with Crippen molar-refractivity contribution in [3.63, 3.8) is 0 Å². The summed E-state index contributed by atoms with van der Waals surface area (Å²) in [6, 6.07) is 4.32. The van der Waals surface area contributed by atoms with Gasteiger partial charge in [-0.1, -0.05) is 0 Å². The molecule has 0 spiro atoms. The van der Waals surface area contributed by atoms with Gasteiger partial charge in [-0.3, -0.25) is 4.98 Å². The third-order valence-electron chi connectivity index (χ3n) is 2.90. The Morgan fingerprint density at radius 2 is 2.11 bits per heavy atom. The number of nitrogens with one attached hydrogen (secondary N) is 1. The molecule has 5 nitrogen and oxygen atoms in total. The normalized spacial score (nSPS) is 12.3. The van der Waals surface area contributed by atoms with E-state index in [1.165, 1.54) is 5.56 Å². The molecule has 2 heterocycles. The van der Waals surface area contributed by atoms with Gasteiger partial charge in [0.2, 0.25) is 5.95 Å². The number of rotatable bonds is 7. The number of hydrogen-bond donors (Lipinski definition) is 1. The van der Waals surface area contributed by atoms with Crippen LogP contribution in [0.4, 0.5) is 5.95 Å². The van der Waals surface area contributed by atoms with Gasteiger partial charge in [0.05, 0.1) is 6.61 Å². The molecule has 0 amide bonds. The third kappa shape index (κ3) is 4.06. The molecule has 0 aliphatic carbocycles. The zero-order valence-electron chi connectivity index (χ0n) is 11.4. The zero-order valence-corrected chi connectivity index (χ0v) is 11.4. The first-order valence-corrected chi connectivity index (χ1v) is 6.45. The minimum atomic E-state index is 0.243. The van der Waals surface area contributed by atoms with E-state index < -0.39 is 0 Å². The fourth-order valence-corrected chi connectivity index (χ4v) is 1.94. The van der Waals surface area contributed by atoms with Crippen LogP contribution < -0.4 is 5.32 Å². The van der Waals surface area contributed by atoms with Gasteiger partial charge < -0.3 is 14.6 Å². The fraction of sp³-hybridized carbons (Fsp3) is 0.429. The van der Waals surface area contributed by atoms with E-state index in [0.29, 0.717) is 6.61 Å². The van der Waals surface area contributed by atoms with Crippen molar-refractivity contribution in [3.05, 3.63) is 42.5 Å². The summed E-state index contributed by atoms with van der Waals surface area (Å²) in [5.74, 6) is 0.888. The summed E-state index contributed by atoms with van der Waals surface area (Å²) in [5, 5.41) is 3.34. The van der Waals surface area contributed by atoms with Crippen molar-refractivity contribution in [2.45, 2.75) is 25.9 Å². The van der Waals surface area contributed by atoms with E-state index in [0.717, 1.165) is 18.9 Å². The Balaban J connectivity index is 1.92. The predicted molar refractivity (Wildman–Crippen MR) is 75.1 cm³/mol. The Kier molecular flexibility index (Phi) is 4.92. The van der Waals surface area contributed by atoms with E-state index in [-0.39, 0.29) is 6.04 Å². The molecule has 2 rings (SSSR count). The summed E-state index contributed by atoms with van der Waals surface area (Å²) in [7, 11) is 1.70. The lowest BCUT2D eigenvalue weighted by atomic mass is 10.2. The van der Waals surface area contributed by atoms with Gasteiger partial charge in [-0.2, -0.15) is 0 Å². The molecule has 0 saturated carbocycles. The van der Waals surface area contributed by atoms with Gasteiger partial charge in [-0.25, -0.2) is 4.98 Å². The molecule has 1 N–H and O–H groups in total. The predicted octanol–water partition coefficient (Wildman–Crippen LogP) is 1.97. The first kappa shape index (κ1) is 13.5. The quantitative estimate of drug-likeness (QED) is 0.827. The summed E-state index contributed by atoms with van der Waals surface area (Å²) < 4.78 is 7.23. The molecule has 0 fully saturated rings. The third-order valence-corrected chi connectivity index (χ3v) is 2.90. The van der Waals surface area contributed by atoms with E-state index in [2.05, 4.69) is 26.8 Å². The number of aromatic nitrogens is 3. The van der Waals surface area contributed by atoms with Crippen LogP contribution in [0.25, 0.3) is 0 Å². The first-order valence-electron chi connectivity index (χ1n) is 6.45. The lowest BCUT2D eigenvalue weighted by Crippen LogP contribution is -2.23. The molecule has 19 heavy (non-hydrogen) atoms. The van der Waals surface area contributed by atoms with Gasteiger partial charge in [-0.15, -0.1) is 0 Å². The van der Waals surface area contributed by atoms with Crippen molar-refractivity contribution >= 4 is 5.95 Å². The molecular weight excluding hydrogens is 240 g/mol. The number of hydrogen-bond acceptors (Lipinski definition) is 4. The number of ether oxygens (including phenoxy) is 1. The molecule has 0 bridgehead atoms. The summed E-state index contributed by atoms with van der Waals surface area (Å²) in [6.07, 6.45) is 8.41. The molecule has 0 radical (unpaired) electrons. The highest BCUT2D eigenvalue weighted by atomic mass is 16.5. The number of pyridine rings is 1. The molecule has 102 valence electrons. The first-order chi connectivity index (χ1) is 9.29. The van der Waals surface area contributed by atoms with Gasteiger partial charge in [0.15, 0.2) is 0 Å². The summed E-state index contributed by atoms with van der Waals surface area (Å²) in [6.45, 7) is 3.63. The minimum Gasteiger partial charge on any atom is -0.383 e. The lowest BCUT2D eigenvalue weighted by molar-refractivity contribution is 0.190. The topological polar surface area (TPSA) is 52.0 Å². The van der Waals surface area contributed by atoms with Crippen molar-refractivity contribution in [2.24, 2.45) is 0 Å². The molecule has 0 aromatic carbocycles. The lowest BCUT2D eigenvalue weighted by Gasteiger charge is -2.15. The van der Waals surface area contributed by atoms with Crippen LogP contribution in [-0.2, 0) is 17.7 Å². The Morgan fingerprint density at radius 3 is 2.84 bits per heavy atom. The van der Waals surface area contributed by atoms with Gasteiger partial charge in [0, 0.05) is 44.5 Å². The molecule has 0 aliphatic rings. The Hall–Kier alpha value is -1.88. The summed E-state index contributed by atoms with van der Waals surface area (Å²) >= 11 is 0. The molecule has 0 saturated heterocycles. The number of methoxy groups -OCH3 is 1. The summed E-state index contributed by atoms with van der Waals surface area (Å²) in [5.41, 5.74) is 1.28. The van der Waals surface area contributed by atoms with E-state index >= 15 is 0 Å². The van der Waals surface area contributed by atoms with Gasteiger partial charge >= 0.3 is 0 Å². The van der Waals surface area contributed by atoms with Crippen LogP contribution in [0.1, 0.15) is 12.5 Å². The summed E-state index contributed by atoms with van der Waals surface area (Å²) in [4.78, 5) is 8.36. The van der Waals surface area contributed by atoms with Crippen LogP contribution in [-0.4, -0.2) is 34.3 Å². The largest absolute Gasteiger partial charge is 0.383 e. The Bertz CT molecular complexity index is 483. The molecule has 2 aromatic heterocycles. The second-order valence-corrected chi connectivity index (χ2v) is 4.55. The molecule has 0 aliphatic heterocycles. The van der Waals surface area contributed by atoms with Crippen LogP contribution in [0.3, 0.4) is 0 Å². The standard InChI is InChI=1S/C14H20N4O/c1-12(11-19-2)17-14-16-8-10-18(14)9-5-13-3-6-15-7-4-13/h3-4,6-8,10,12H,5,9,11H2,1-2H3,(H,16,17). The van der Waals surface area contributed by atoms with Crippen LogP contribution >= 0.6 is 0 Å². The average Bonchev–Trinajstić information content (AvgIpc) is 2.85. The highest BCUT2D eigenvalue weighted by Gasteiger charge is 2.06. The van der Waals surface area contributed by atoms with Gasteiger partial charge in [0.1, 0.15) is 0 Å². The number of imidazole rings is 1. The van der Waals surface area contributed by atoms with E-state index in [9.17, 15) is 0 Å². The number of anilines is 1. The highest BCUT2D eigenvalue weighted by molar-refractivity contribution is 5.27. The maximum absolute atomic E-state index is 5.12. The maximum atomic E-state index is 5.12. The number of aryl methyl sites for hydroxylation is 2. The van der Waals surface area contributed by atoms with Crippen molar-refractivity contribution in [2.75, 3.05) is 19.0 Å².